The number of rotatable bonds is 6. The number of imidazole rings is 1. The minimum atomic E-state index is -0.416. The average Bonchev–Trinajstić information content (AvgIpc) is 3.04. The first-order valence-electron chi connectivity index (χ1n) is 8.15. The van der Waals surface area contributed by atoms with Crippen LogP contribution in [0, 0.1) is 0 Å². The van der Waals surface area contributed by atoms with E-state index in [-0.39, 0.29) is 0 Å². The Labute approximate surface area is 147 Å². The van der Waals surface area contributed by atoms with Gasteiger partial charge in [0.15, 0.2) is 11.5 Å². The number of fused-ring (bicyclic) bond motifs is 1. The van der Waals surface area contributed by atoms with Gasteiger partial charge in [0.2, 0.25) is 5.75 Å². The van der Waals surface area contributed by atoms with E-state index in [1.807, 2.05) is 30.3 Å². The summed E-state index contributed by atoms with van der Waals surface area (Å²) in [6, 6.07) is 11.3. The Kier molecular flexibility index (Phi) is 4.81. The molecule has 3 aromatic rings. The summed E-state index contributed by atoms with van der Waals surface area (Å²) in [5.41, 5.74) is 9.41. The number of nitrogens with zero attached hydrogens (tertiary/aromatic N) is 2. The third-order valence-corrected chi connectivity index (χ3v) is 4.32. The summed E-state index contributed by atoms with van der Waals surface area (Å²) in [5, 5.41) is 0. The summed E-state index contributed by atoms with van der Waals surface area (Å²) >= 11 is 0. The summed E-state index contributed by atoms with van der Waals surface area (Å²) in [6.07, 6.45) is 0. The lowest BCUT2D eigenvalue weighted by Gasteiger charge is -2.18. The Morgan fingerprint density at radius 1 is 1.04 bits per heavy atom. The molecule has 0 saturated heterocycles. The number of aromatic nitrogens is 2. The summed E-state index contributed by atoms with van der Waals surface area (Å²) < 4.78 is 18.4. The van der Waals surface area contributed by atoms with E-state index in [0.29, 0.717) is 17.2 Å². The van der Waals surface area contributed by atoms with Crippen LogP contribution in [0.25, 0.3) is 11.0 Å². The first kappa shape index (κ1) is 17.1. The maximum Gasteiger partial charge on any atom is 0.203 e. The first-order valence-corrected chi connectivity index (χ1v) is 8.15. The van der Waals surface area contributed by atoms with Crippen molar-refractivity contribution in [1.29, 1.82) is 0 Å². The topological polar surface area (TPSA) is 71.5 Å². The van der Waals surface area contributed by atoms with Crippen LogP contribution in [0.15, 0.2) is 36.4 Å². The Morgan fingerprint density at radius 2 is 1.68 bits per heavy atom. The van der Waals surface area contributed by atoms with Crippen molar-refractivity contribution in [3.05, 3.63) is 47.8 Å². The quantitative estimate of drug-likeness (QED) is 0.746. The highest BCUT2D eigenvalue weighted by Gasteiger charge is 2.22. The van der Waals surface area contributed by atoms with Gasteiger partial charge >= 0.3 is 0 Å². The second-order valence-electron chi connectivity index (χ2n) is 5.64. The average molecular weight is 341 g/mol. The molecule has 3 rings (SSSR count). The molecule has 0 spiro atoms. The largest absolute Gasteiger partial charge is 0.493 e. The van der Waals surface area contributed by atoms with Gasteiger partial charge in [0.1, 0.15) is 5.82 Å². The SMILES string of the molecule is CCn1c(C(N)c2cc(OC)c(OC)c(OC)c2)nc2ccccc21. The summed E-state index contributed by atoms with van der Waals surface area (Å²) in [4.78, 5) is 4.74. The molecule has 1 atom stereocenters. The van der Waals surface area contributed by atoms with Gasteiger partial charge in [-0.05, 0) is 36.8 Å². The van der Waals surface area contributed by atoms with E-state index >= 15 is 0 Å². The standard InChI is InChI=1S/C19H23N3O3/c1-5-22-14-9-7-6-8-13(14)21-19(22)17(20)12-10-15(23-2)18(25-4)16(11-12)24-3/h6-11,17H,5,20H2,1-4H3. The second kappa shape index (κ2) is 7.03. The number of aryl methyl sites for hydroxylation is 1. The van der Waals surface area contributed by atoms with Crippen LogP contribution in [-0.2, 0) is 6.54 Å². The molecule has 0 aliphatic rings. The summed E-state index contributed by atoms with van der Waals surface area (Å²) in [6.45, 7) is 2.87. The van der Waals surface area contributed by atoms with Crippen LogP contribution in [0.1, 0.15) is 24.4 Å². The van der Waals surface area contributed by atoms with Gasteiger partial charge in [-0.2, -0.15) is 0 Å². The molecular weight excluding hydrogens is 318 g/mol. The van der Waals surface area contributed by atoms with Gasteiger partial charge in [0.25, 0.3) is 0 Å². The van der Waals surface area contributed by atoms with E-state index in [4.69, 9.17) is 24.9 Å². The van der Waals surface area contributed by atoms with E-state index in [2.05, 4.69) is 17.6 Å². The fraction of sp³-hybridized carbons (Fsp3) is 0.316. The molecule has 0 bridgehead atoms. The van der Waals surface area contributed by atoms with Crippen LogP contribution in [0.4, 0.5) is 0 Å². The second-order valence-corrected chi connectivity index (χ2v) is 5.64. The molecule has 2 aromatic carbocycles. The van der Waals surface area contributed by atoms with E-state index < -0.39 is 6.04 Å². The number of hydrogen-bond acceptors (Lipinski definition) is 5. The van der Waals surface area contributed by atoms with Crippen molar-refractivity contribution in [2.75, 3.05) is 21.3 Å². The van der Waals surface area contributed by atoms with E-state index in [9.17, 15) is 0 Å². The van der Waals surface area contributed by atoms with Gasteiger partial charge in [0, 0.05) is 6.54 Å². The van der Waals surface area contributed by atoms with Crippen LogP contribution in [0.2, 0.25) is 0 Å². The molecule has 6 nitrogen and oxygen atoms in total. The van der Waals surface area contributed by atoms with Crippen molar-refractivity contribution in [2.24, 2.45) is 5.73 Å². The summed E-state index contributed by atoms with van der Waals surface area (Å²) in [7, 11) is 4.76. The fourth-order valence-corrected chi connectivity index (χ4v) is 3.09. The number of benzene rings is 2. The molecule has 1 aromatic heterocycles. The third kappa shape index (κ3) is 2.89. The van der Waals surface area contributed by atoms with E-state index in [1.165, 1.54) is 0 Å². The van der Waals surface area contributed by atoms with Gasteiger partial charge in [-0.15, -0.1) is 0 Å². The zero-order valence-corrected chi connectivity index (χ0v) is 14.9. The van der Waals surface area contributed by atoms with Crippen molar-refractivity contribution in [3.63, 3.8) is 0 Å². The first-order chi connectivity index (χ1) is 12.1. The summed E-state index contributed by atoms with van der Waals surface area (Å²) in [5.74, 6) is 2.50. The molecule has 0 aliphatic heterocycles. The lowest BCUT2D eigenvalue weighted by molar-refractivity contribution is 0.323. The van der Waals surface area contributed by atoms with E-state index in [0.717, 1.165) is 29.0 Å². The maximum absolute atomic E-state index is 6.56. The predicted octanol–water partition coefficient (Wildman–Crippen LogP) is 3.13. The van der Waals surface area contributed by atoms with Crippen molar-refractivity contribution >= 4 is 11.0 Å². The van der Waals surface area contributed by atoms with Gasteiger partial charge in [0.05, 0.1) is 38.4 Å². The highest BCUT2D eigenvalue weighted by molar-refractivity contribution is 5.76. The smallest absolute Gasteiger partial charge is 0.203 e. The van der Waals surface area contributed by atoms with Gasteiger partial charge in [-0.25, -0.2) is 4.98 Å². The minimum Gasteiger partial charge on any atom is -0.493 e. The van der Waals surface area contributed by atoms with Crippen LogP contribution in [-0.4, -0.2) is 30.9 Å². The highest BCUT2D eigenvalue weighted by atomic mass is 16.5. The van der Waals surface area contributed by atoms with Crippen molar-refractivity contribution < 1.29 is 14.2 Å². The van der Waals surface area contributed by atoms with Crippen molar-refractivity contribution in [2.45, 2.75) is 19.5 Å². The molecule has 1 heterocycles. The van der Waals surface area contributed by atoms with Crippen LogP contribution in [0.5, 0.6) is 17.2 Å². The van der Waals surface area contributed by atoms with E-state index in [1.54, 1.807) is 21.3 Å². The monoisotopic (exact) mass is 341 g/mol. The molecule has 132 valence electrons. The number of hydrogen-bond donors (Lipinski definition) is 1. The van der Waals surface area contributed by atoms with Crippen molar-refractivity contribution in [1.82, 2.24) is 9.55 Å². The maximum atomic E-state index is 6.56. The molecule has 2 N–H and O–H groups in total. The predicted molar refractivity (Wildman–Crippen MR) is 97.5 cm³/mol. The molecule has 0 fully saturated rings. The Hall–Kier alpha value is -2.73. The zero-order valence-electron chi connectivity index (χ0n) is 14.9. The van der Waals surface area contributed by atoms with Gasteiger partial charge in [-0.3, -0.25) is 0 Å². The molecule has 0 amide bonds. The molecule has 0 radical (unpaired) electrons. The number of ether oxygens (including phenoxy) is 3. The Bertz CT molecular complexity index is 864. The van der Waals surface area contributed by atoms with Gasteiger partial charge < -0.3 is 24.5 Å². The fourth-order valence-electron chi connectivity index (χ4n) is 3.09. The molecule has 6 heteroatoms. The minimum absolute atomic E-state index is 0.416. The molecule has 25 heavy (non-hydrogen) atoms. The number of methoxy groups -OCH3 is 3. The molecule has 0 aliphatic carbocycles. The normalized spacial score (nSPS) is 12.2. The lowest BCUT2D eigenvalue weighted by Crippen LogP contribution is -2.18. The zero-order chi connectivity index (χ0) is 18.0. The number of para-hydroxylation sites is 2. The Morgan fingerprint density at radius 3 is 2.24 bits per heavy atom. The van der Waals surface area contributed by atoms with Crippen LogP contribution < -0.4 is 19.9 Å². The molecular formula is C19H23N3O3. The van der Waals surface area contributed by atoms with Crippen LogP contribution >= 0.6 is 0 Å². The highest BCUT2D eigenvalue weighted by Crippen LogP contribution is 2.40. The molecule has 1 unspecified atom stereocenters. The third-order valence-electron chi connectivity index (χ3n) is 4.32. The molecule has 0 saturated carbocycles. The van der Waals surface area contributed by atoms with Gasteiger partial charge in [-0.1, -0.05) is 12.1 Å². The lowest BCUT2D eigenvalue weighted by atomic mass is 10.1. The number of nitrogens with two attached hydrogens (primary N) is 1. The van der Waals surface area contributed by atoms with Crippen LogP contribution in [0.3, 0.4) is 0 Å². The Balaban J connectivity index is 2.14. The van der Waals surface area contributed by atoms with Crippen molar-refractivity contribution in [3.8, 4) is 17.2 Å².